The van der Waals surface area contributed by atoms with Gasteiger partial charge in [0.15, 0.2) is 0 Å². The molecule has 1 aromatic rings. The summed E-state index contributed by atoms with van der Waals surface area (Å²) in [6.07, 6.45) is -5.80. The molecule has 0 bridgehead atoms. The van der Waals surface area contributed by atoms with Gasteiger partial charge in [-0.1, -0.05) is 6.07 Å². The molecule has 0 aliphatic heterocycles. The maximum absolute atomic E-state index is 12.4. The van der Waals surface area contributed by atoms with Crippen LogP contribution in [-0.2, 0) is 11.2 Å². The fourth-order valence-electron chi connectivity index (χ4n) is 1.59. The normalized spacial score (nSPS) is 13.6. The summed E-state index contributed by atoms with van der Waals surface area (Å²) < 4.78 is 42.3. The molecule has 4 N–H and O–H groups in total. The minimum absolute atomic E-state index is 0.0406. The lowest BCUT2D eigenvalue weighted by Crippen LogP contribution is -2.39. The van der Waals surface area contributed by atoms with Crippen LogP contribution in [0.4, 0.5) is 23.7 Å². The Morgan fingerprint density at radius 2 is 1.95 bits per heavy atom. The zero-order valence-corrected chi connectivity index (χ0v) is 12.5. The summed E-state index contributed by atoms with van der Waals surface area (Å²) in [5.74, 6) is -0.282. The lowest BCUT2D eigenvalue weighted by molar-refractivity contribution is -0.147. The van der Waals surface area contributed by atoms with E-state index in [9.17, 15) is 23.1 Å². The van der Waals surface area contributed by atoms with E-state index in [1.807, 2.05) is 0 Å². The Hall–Kier alpha value is -1.96. The van der Waals surface area contributed by atoms with Gasteiger partial charge < -0.3 is 15.6 Å². The van der Waals surface area contributed by atoms with E-state index in [4.69, 9.17) is 10.5 Å². The van der Waals surface area contributed by atoms with Crippen LogP contribution in [-0.4, -0.2) is 29.0 Å². The molecule has 0 fully saturated rings. The average molecular weight is 320 g/mol. The molecule has 22 heavy (non-hydrogen) atoms. The quantitative estimate of drug-likeness (QED) is 0.747. The number of benzene rings is 1. The maximum atomic E-state index is 12.4. The van der Waals surface area contributed by atoms with Crippen molar-refractivity contribution in [1.29, 1.82) is 0 Å². The summed E-state index contributed by atoms with van der Waals surface area (Å²) in [4.78, 5) is 11.6. The minimum atomic E-state index is -4.52. The first-order chi connectivity index (χ1) is 9.88. The predicted octanol–water partition coefficient (Wildman–Crippen LogP) is 3.17. The highest BCUT2D eigenvalue weighted by molar-refractivity contribution is 5.87. The van der Waals surface area contributed by atoms with Gasteiger partial charge in [-0.25, -0.2) is 4.79 Å². The number of halogens is 3. The number of aromatic hydroxyl groups is 1. The zero-order valence-electron chi connectivity index (χ0n) is 12.5. The summed E-state index contributed by atoms with van der Waals surface area (Å²) in [7, 11) is 0. The van der Waals surface area contributed by atoms with Crippen molar-refractivity contribution in [2.75, 3.05) is 5.32 Å². The summed E-state index contributed by atoms with van der Waals surface area (Å²) in [5.41, 5.74) is 4.51. The van der Waals surface area contributed by atoms with Gasteiger partial charge in [-0.15, -0.1) is 0 Å². The average Bonchev–Trinajstić information content (AvgIpc) is 2.29. The first-order valence-electron chi connectivity index (χ1n) is 6.52. The van der Waals surface area contributed by atoms with E-state index in [1.54, 1.807) is 20.8 Å². The van der Waals surface area contributed by atoms with Crippen LogP contribution in [0.15, 0.2) is 18.2 Å². The van der Waals surface area contributed by atoms with Crippen LogP contribution in [0, 0.1) is 0 Å². The van der Waals surface area contributed by atoms with Crippen molar-refractivity contribution in [3.63, 3.8) is 0 Å². The molecule has 1 atom stereocenters. The topological polar surface area (TPSA) is 84.6 Å². The number of alkyl halides is 3. The summed E-state index contributed by atoms with van der Waals surface area (Å²) >= 11 is 0. The molecule has 1 rings (SSSR count). The highest BCUT2D eigenvalue weighted by atomic mass is 19.4. The fraction of sp³-hybridized carbons (Fsp3) is 0.500. The monoisotopic (exact) mass is 320 g/mol. The molecule has 1 aromatic carbocycles. The summed E-state index contributed by atoms with van der Waals surface area (Å²) in [6.45, 7) is 4.97. The Balaban J connectivity index is 2.84. The molecule has 0 aliphatic carbocycles. The lowest BCUT2D eigenvalue weighted by Gasteiger charge is -2.20. The second-order valence-corrected chi connectivity index (χ2v) is 5.83. The van der Waals surface area contributed by atoms with E-state index in [0.29, 0.717) is 0 Å². The minimum Gasteiger partial charge on any atom is -0.506 e. The summed E-state index contributed by atoms with van der Waals surface area (Å²) in [5, 5.41) is 11.9. The Bertz CT molecular complexity index is 539. The van der Waals surface area contributed by atoms with Crippen molar-refractivity contribution in [3.05, 3.63) is 23.8 Å². The van der Waals surface area contributed by atoms with Crippen molar-refractivity contribution in [2.24, 2.45) is 5.73 Å². The molecule has 0 heterocycles. The molecule has 124 valence electrons. The Kier molecular flexibility index (Phi) is 5.29. The zero-order chi connectivity index (χ0) is 17.1. The number of carbonyl (C=O) groups excluding carboxylic acids is 1. The second kappa shape index (κ2) is 6.43. The highest BCUT2D eigenvalue weighted by Gasteiger charge is 2.36. The van der Waals surface area contributed by atoms with E-state index in [0.717, 1.165) is 0 Å². The largest absolute Gasteiger partial charge is 0.506 e. The number of nitrogens with one attached hydrogen (secondary N) is 1. The third kappa shape index (κ3) is 5.80. The van der Waals surface area contributed by atoms with Gasteiger partial charge in [-0.3, -0.25) is 5.32 Å². The summed E-state index contributed by atoms with van der Waals surface area (Å²) in [6, 6.07) is 1.70. The Labute approximate surface area is 126 Å². The van der Waals surface area contributed by atoms with Gasteiger partial charge in [0, 0.05) is 0 Å². The van der Waals surface area contributed by atoms with Crippen LogP contribution in [0.5, 0.6) is 5.75 Å². The number of amides is 1. The first-order valence-corrected chi connectivity index (χ1v) is 6.52. The van der Waals surface area contributed by atoms with Crippen molar-refractivity contribution < 1.29 is 27.8 Å². The number of phenolic OH excluding ortho intramolecular Hbond substituents is 1. The van der Waals surface area contributed by atoms with Gasteiger partial charge in [-0.2, -0.15) is 13.2 Å². The molecule has 1 unspecified atom stereocenters. The molecule has 0 aromatic heterocycles. The van der Waals surface area contributed by atoms with Gasteiger partial charge in [-0.05, 0) is 44.9 Å². The molecule has 5 nitrogen and oxygen atoms in total. The smallest absolute Gasteiger partial charge is 0.412 e. The standard InChI is InChI=1S/C14H19F3N2O3/c1-13(2,3)22-12(21)19-9-6-8(4-5-10(9)20)7-11(18)14(15,16)17/h4-6,11,20H,7,18H2,1-3H3,(H,19,21). The van der Waals surface area contributed by atoms with E-state index in [1.165, 1.54) is 18.2 Å². The SMILES string of the molecule is CC(C)(C)OC(=O)Nc1cc(CC(N)C(F)(F)F)ccc1O. The van der Waals surface area contributed by atoms with Gasteiger partial charge in [0.05, 0.1) is 5.69 Å². The number of phenols is 1. The van der Waals surface area contributed by atoms with Crippen molar-refractivity contribution in [3.8, 4) is 5.75 Å². The Morgan fingerprint density at radius 3 is 2.45 bits per heavy atom. The van der Waals surface area contributed by atoms with Gasteiger partial charge in [0.1, 0.15) is 17.4 Å². The van der Waals surface area contributed by atoms with Crippen molar-refractivity contribution in [2.45, 2.75) is 45.0 Å². The molecule has 0 saturated heterocycles. The molecule has 0 spiro atoms. The third-order valence-corrected chi connectivity index (χ3v) is 2.57. The first kappa shape index (κ1) is 18.1. The van der Waals surface area contributed by atoms with Crippen LogP contribution < -0.4 is 11.1 Å². The van der Waals surface area contributed by atoms with Crippen LogP contribution in [0.1, 0.15) is 26.3 Å². The molecule has 8 heteroatoms. The predicted molar refractivity (Wildman–Crippen MR) is 75.7 cm³/mol. The third-order valence-electron chi connectivity index (χ3n) is 2.57. The van der Waals surface area contributed by atoms with Crippen molar-refractivity contribution >= 4 is 11.8 Å². The molecular formula is C14H19F3N2O3. The van der Waals surface area contributed by atoms with Crippen LogP contribution in [0.3, 0.4) is 0 Å². The van der Waals surface area contributed by atoms with E-state index >= 15 is 0 Å². The molecular weight excluding hydrogens is 301 g/mol. The number of hydrogen-bond acceptors (Lipinski definition) is 4. The molecule has 0 aliphatic rings. The number of anilines is 1. The Morgan fingerprint density at radius 1 is 1.36 bits per heavy atom. The van der Waals surface area contributed by atoms with Crippen LogP contribution in [0.2, 0.25) is 0 Å². The number of rotatable bonds is 3. The molecule has 1 amide bonds. The molecule has 0 radical (unpaired) electrons. The van der Waals surface area contributed by atoms with Gasteiger partial charge >= 0.3 is 12.3 Å². The highest BCUT2D eigenvalue weighted by Crippen LogP contribution is 2.27. The number of nitrogens with two attached hydrogens (primary N) is 1. The number of carbonyl (C=O) groups is 1. The van der Waals surface area contributed by atoms with Gasteiger partial charge in [0.2, 0.25) is 0 Å². The maximum Gasteiger partial charge on any atom is 0.412 e. The van der Waals surface area contributed by atoms with Crippen LogP contribution in [0.25, 0.3) is 0 Å². The molecule has 0 saturated carbocycles. The van der Waals surface area contributed by atoms with E-state index < -0.39 is 30.3 Å². The number of ether oxygens (including phenoxy) is 1. The van der Waals surface area contributed by atoms with Crippen molar-refractivity contribution in [1.82, 2.24) is 0 Å². The van der Waals surface area contributed by atoms with Crippen LogP contribution >= 0.6 is 0 Å². The van der Waals surface area contributed by atoms with E-state index in [-0.39, 0.29) is 17.0 Å². The van der Waals surface area contributed by atoms with Gasteiger partial charge in [0.25, 0.3) is 0 Å². The van der Waals surface area contributed by atoms with E-state index in [2.05, 4.69) is 5.32 Å². The lowest BCUT2D eigenvalue weighted by atomic mass is 10.1. The fourth-order valence-corrected chi connectivity index (χ4v) is 1.59. The number of hydrogen-bond donors (Lipinski definition) is 3. The second-order valence-electron chi connectivity index (χ2n) is 5.83.